The lowest BCUT2D eigenvalue weighted by molar-refractivity contribution is -0.385. The molecule has 11 heteroatoms. The number of imidazole rings is 1. The summed E-state index contributed by atoms with van der Waals surface area (Å²) < 4.78 is 39.7. The molecule has 140 valence electrons. The number of aromatic nitrogens is 3. The first kappa shape index (κ1) is 18.2. The van der Waals surface area contributed by atoms with E-state index >= 15 is 0 Å². The van der Waals surface area contributed by atoms with Crippen molar-refractivity contribution in [3.8, 4) is 28.4 Å². The Bertz CT molecular complexity index is 1050. The van der Waals surface area contributed by atoms with Gasteiger partial charge in [-0.3, -0.25) is 14.7 Å². The summed E-state index contributed by atoms with van der Waals surface area (Å²) in [6.07, 6.45) is -1.99. The number of alkyl halides is 3. The molecule has 0 aliphatic carbocycles. The number of phenolic OH excluding ortho intramolecular Hbond substituents is 2. The fourth-order valence-corrected chi connectivity index (χ4v) is 2.56. The van der Waals surface area contributed by atoms with Gasteiger partial charge in [0.15, 0.2) is 5.75 Å². The van der Waals surface area contributed by atoms with E-state index in [9.17, 15) is 33.5 Å². The standard InChI is InChI=1S/C16H11F3N4O4/c1-8-10(2-3-14(21-8)16(17,18)19)22-7-20-6-12(22)9-4-11(23(26)27)15(25)13(24)5-9/h2-7,24-25H,1H3. The number of nitrogens with zero attached hydrogens (tertiary/aromatic N) is 4. The smallest absolute Gasteiger partial charge is 0.433 e. The molecule has 0 fully saturated rings. The van der Waals surface area contributed by atoms with Crippen molar-refractivity contribution < 1.29 is 28.3 Å². The van der Waals surface area contributed by atoms with E-state index in [2.05, 4.69) is 9.97 Å². The Balaban J connectivity index is 2.15. The van der Waals surface area contributed by atoms with Gasteiger partial charge in [0.1, 0.15) is 5.69 Å². The van der Waals surface area contributed by atoms with Gasteiger partial charge in [0.25, 0.3) is 0 Å². The first-order valence-corrected chi connectivity index (χ1v) is 7.38. The van der Waals surface area contributed by atoms with Crippen LogP contribution in [0.15, 0.2) is 36.8 Å². The number of aromatic hydroxyl groups is 2. The van der Waals surface area contributed by atoms with E-state index in [1.54, 1.807) is 0 Å². The molecule has 2 aromatic heterocycles. The second-order valence-corrected chi connectivity index (χ2v) is 5.57. The molecule has 0 aliphatic heterocycles. The molecular weight excluding hydrogens is 369 g/mol. The summed E-state index contributed by atoms with van der Waals surface area (Å²) in [5.74, 6) is -1.60. The number of nitro groups is 1. The summed E-state index contributed by atoms with van der Waals surface area (Å²) in [6, 6.07) is 4.12. The molecule has 0 aliphatic rings. The van der Waals surface area contributed by atoms with Crippen molar-refractivity contribution in [2.75, 3.05) is 0 Å². The maximum Gasteiger partial charge on any atom is 0.433 e. The summed E-state index contributed by atoms with van der Waals surface area (Å²) in [4.78, 5) is 17.6. The molecule has 3 aromatic rings. The zero-order valence-corrected chi connectivity index (χ0v) is 13.6. The molecule has 0 amide bonds. The van der Waals surface area contributed by atoms with Crippen molar-refractivity contribution in [2.45, 2.75) is 13.1 Å². The molecule has 8 nitrogen and oxygen atoms in total. The van der Waals surface area contributed by atoms with Crippen molar-refractivity contribution in [1.82, 2.24) is 14.5 Å². The Morgan fingerprint density at radius 1 is 1.22 bits per heavy atom. The lowest BCUT2D eigenvalue weighted by atomic mass is 10.1. The highest BCUT2D eigenvalue weighted by Crippen LogP contribution is 2.40. The molecule has 0 atom stereocenters. The highest BCUT2D eigenvalue weighted by Gasteiger charge is 2.33. The van der Waals surface area contributed by atoms with Crippen LogP contribution in [0.2, 0.25) is 0 Å². The van der Waals surface area contributed by atoms with Crippen LogP contribution < -0.4 is 0 Å². The summed E-state index contributed by atoms with van der Waals surface area (Å²) >= 11 is 0. The maximum absolute atomic E-state index is 12.8. The highest BCUT2D eigenvalue weighted by atomic mass is 19.4. The van der Waals surface area contributed by atoms with Crippen LogP contribution in [0, 0.1) is 17.0 Å². The van der Waals surface area contributed by atoms with Crippen LogP contribution in [0.5, 0.6) is 11.5 Å². The van der Waals surface area contributed by atoms with E-state index in [0.29, 0.717) is 0 Å². The van der Waals surface area contributed by atoms with Gasteiger partial charge in [0.05, 0.1) is 34.5 Å². The molecule has 0 spiro atoms. The largest absolute Gasteiger partial charge is 0.504 e. The predicted molar refractivity (Wildman–Crippen MR) is 86.5 cm³/mol. The Morgan fingerprint density at radius 3 is 2.52 bits per heavy atom. The van der Waals surface area contributed by atoms with Crippen LogP contribution >= 0.6 is 0 Å². The SMILES string of the molecule is Cc1nc(C(F)(F)F)ccc1-n1cncc1-c1cc(O)c(O)c([N+](=O)[O-])c1. The van der Waals surface area contributed by atoms with E-state index in [0.717, 1.165) is 18.2 Å². The molecule has 3 rings (SSSR count). The average Bonchev–Trinajstić information content (AvgIpc) is 3.05. The average molecular weight is 380 g/mol. The van der Waals surface area contributed by atoms with Gasteiger partial charge in [-0.05, 0) is 25.1 Å². The zero-order valence-electron chi connectivity index (χ0n) is 13.6. The van der Waals surface area contributed by atoms with Crippen LogP contribution in [0.1, 0.15) is 11.4 Å². The fourth-order valence-electron chi connectivity index (χ4n) is 2.56. The van der Waals surface area contributed by atoms with Gasteiger partial charge in [0, 0.05) is 11.6 Å². The summed E-state index contributed by atoms with van der Waals surface area (Å²) in [7, 11) is 0. The van der Waals surface area contributed by atoms with Gasteiger partial charge < -0.3 is 10.2 Å². The highest BCUT2D eigenvalue weighted by molar-refractivity contribution is 5.71. The summed E-state index contributed by atoms with van der Waals surface area (Å²) in [6.45, 7) is 1.38. The molecular formula is C16H11F3N4O4. The molecule has 0 radical (unpaired) electrons. The van der Waals surface area contributed by atoms with E-state index in [4.69, 9.17) is 0 Å². The van der Waals surface area contributed by atoms with E-state index < -0.39 is 34.0 Å². The first-order chi connectivity index (χ1) is 12.6. The van der Waals surface area contributed by atoms with Crippen LogP contribution in [0.25, 0.3) is 16.9 Å². The third kappa shape index (κ3) is 3.26. The zero-order chi connectivity index (χ0) is 19.9. The Hall–Kier alpha value is -3.63. The first-order valence-electron chi connectivity index (χ1n) is 7.38. The molecule has 0 saturated carbocycles. The van der Waals surface area contributed by atoms with Gasteiger partial charge in [-0.1, -0.05) is 0 Å². The Morgan fingerprint density at radius 2 is 1.93 bits per heavy atom. The number of pyridine rings is 1. The van der Waals surface area contributed by atoms with Gasteiger partial charge in [-0.2, -0.15) is 13.2 Å². The van der Waals surface area contributed by atoms with Gasteiger partial charge >= 0.3 is 11.9 Å². The van der Waals surface area contributed by atoms with Crippen molar-refractivity contribution in [3.05, 3.63) is 58.3 Å². The molecule has 27 heavy (non-hydrogen) atoms. The lowest BCUT2D eigenvalue weighted by Gasteiger charge is -2.13. The number of halogens is 3. The predicted octanol–water partition coefficient (Wildman–Crippen LogP) is 3.58. The number of hydrogen-bond acceptors (Lipinski definition) is 6. The minimum absolute atomic E-state index is 0.0570. The normalized spacial score (nSPS) is 11.6. The van der Waals surface area contributed by atoms with E-state index in [-0.39, 0.29) is 22.6 Å². The van der Waals surface area contributed by atoms with Crippen LogP contribution in [-0.2, 0) is 6.18 Å². The van der Waals surface area contributed by atoms with E-state index in [1.807, 2.05) is 0 Å². The van der Waals surface area contributed by atoms with Gasteiger partial charge in [-0.25, -0.2) is 9.97 Å². The van der Waals surface area contributed by atoms with Crippen molar-refractivity contribution >= 4 is 5.69 Å². The van der Waals surface area contributed by atoms with Crippen molar-refractivity contribution in [1.29, 1.82) is 0 Å². The minimum atomic E-state index is -4.59. The molecule has 2 heterocycles. The number of rotatable bonds is 3. The summed E-state index contributed by atoms with van der Waals surface area (Å²) in [5.41, 5.74) is -1.07. The number of nitro benzene ring substituents is 1. The van der Waals surface area contributed by atoms with Crippen LogP contribution in [-0.4, -0.2) is 29.7 Å². The number of hydrogen-bond donors (Lipinski definition) is 2. The van der Waals surface area contributed by atoms with Crippen molar-refractivity contribution in [2.24, 2.45) is 0 Å². The molecule has 0 bridgehead atoms. The van der Waals surface area contributed by atoms with Gasteiger partial charge in [-0.15, -0.1) is 0 Å². The number of benzene rings is 1. The van der Waals surface area contributed by atoms with Crippen molar-refractivity contribution in [3.63, 3.8) is 0 Å². The second kappa shape index (κ2) is 6.27. The summed E-state index contributed by atoms with van der Waals surface area (Å²) in [5, 5.41) is 30.4. The fraction of sp³-hybridized carbons (Fsp3) is 0.125. The Kier molecular flexibility index (Phi) is 4.22. The third-order valence-electron chi connectivity index (χ3n) is 3.81. The Labute approximate surface area is 149 Å². The number of phenols is 2. The second-order valence-electron chi connectivity index (χ2n) is 5.57. The monoisotopic (exact) mass is 380 g/mol. The quantitative estimate of drug-likeness (QED) is 0.408. The minimum Gasteiger partial charge on any atom is -0.504 e. The number of aryl methyl sites for hydroxylation is 1. The van der Waals surface area contributed by atoms with Crippen LogP contribution in [0.3, 0.4) is 0 Å². The van der Waals surface area contributed by atoms with E-state index in [1.165, 1.54) is 30.1 Å². The maximum atomic E-state index is 12.8. The molecule has 0 unspecified atom stereocenters. The molecule has 2 N–H and O–H groups in total. The lowest BCUT2D eigenvalue weighted by Crippen LogP contribution is -2.10. The van der Waals surface area contributed by atoms with Crippen LogP contribution in [0.4, 0.5) is 18.9 Å². The third-order valence-corrected chi connectivity index (χ3v) is 3.81. The molecule has 1 aromatic carbocycles. The molecule has 0 saturated heterocycles. The van der Waals surface area contributed by atoms with Gasteiger partial charge in [0.2, 0.25) is 5.75 Å². The topological polar surface area (TPSA) is 114 Å².